The van der Waals surface area contributed by atoms with E-state index in [1.165, 1.54) is 24.6 Å². The van der Waals surface area contributed by atoms with Gasteiger partial charge in [-0.25, -0.2) is 0 Å². The SMILES string of the molecule is CC(C)C(CNC(C)(C)C)N1CCSCC1. The molecule has 0 aromatic carbocycles. The average Bonchev–Trinajstić information content (AvgIpc) is 2.17. The summed E-state index contributed by atoms with van der Waals surface area (Å²) >= 11 is 2.09. The van der Waals surface area contributed by atoms with Crippen LogP contribution in [0.5, 0.6) is 0 Å². The number of nitrogens with zero attached hydrogens (tertiary/aromatic N) is 1. The molecule has 2 nitrogen and oxygen atoms in total. The van der Waals surface area contributed by atoms with Gasteiger partial charge in [-0.05, 0) is 26.7 Å². The molecule has 0 spiro atoms. The minimum Gasteiger partial charge on any atom is -0.311 e. The van der Waals surface area contributed by atoms with Crippen molar-refractivity contribution in [1.29, 1.82) is 0 Å². The van der Waals surface area contributed by atoms with E-state index in [1.807, 2.05) is 0 Å². The third-order valence-corrected chi connectivity index (χ3v) is 4.07. The van der Waals surface area contributed by atoms with Crippen LogP contribution in [0.2, 0.25) is 0 Å². The summed E-state index contributed by atoms with van der Waals surface area (Å²) in [6.45, 7) is 15.1. The molecule has 1 saturated heterocycles. The van der Waals surface area contributed by atoms with E-state index in [0.717, 1.165) is 12.5 Å². The summed E-state index contributed by atoms with van der Waals surface area (Å²) in [7, 11) is 0. The van der Waals surface area contributed by atoms with E-state index >= 15 is 0 Å². The molecule has 16 heavy (non-hydrogen) atoms. The molecule has 0 bridgehead atoms. The molecule has 1 rings (SSSR count). The van der Waals surface area contributed by atoms with Crippen LogP contribution in [0.25, 0.3) is 0 Å². The van der Waals surface area contributed by atoms with Crippen molar-refractivity contribution in [2.45, 2.75) is 46.2 Å². The van der Waals surface area contributed by atoms with Gasteiger partial charge in [-0.1, -0.05) is 13.8 Å². The third kappa shape index (κ3) is 5.07. The van der Waals surface area contributed by atoms with Crippen molar-refractivity contribution in [3.05, 3.63) is 0 Å². The van der Waals surface area contributed by atoms with Gasteiger partial charge in [-0.2, -0.15) is 11.8 Å². The number of thioether (sulfide) groups is 1. The summed E-state index contributed by atoms with van der Waals surface area (Å²) in [5.41, 5.74) is 0.234. The van der Waals surface area contributed by atoms with Gasteiger partial charge < -0.3 is 5.32 Å². The van der Waals surface area contributed by atoms with Gasteiger partial charge >= 0.3 is 0 Å². The Morgan fingerprint density at radius 2 is 1.75 bits per heavy atom. The quantitative estimate of drug-likeness (QED) is 0.818. The van der Waals surface area contributed by atoms with Crippen molar-refractivity contribution in [2.75, 3.05) is 31.1 Å². The maximum atomic E-state index is 3.65. The van der Waals surface area contributed by atoms with Crippen molar-refractivity contribution in [3.63, 3.8) is 0 Å². The van der Waals surface area contributed by atoms with Crippen LogP contribution in [0.3, 0.4) is 0 Å². The maximum Gasteiger partial charge on any atom is 0.0244 e. The van der Waals surface area contributed by atoms with Gasteiger partial charge in [-0.3, -0.25) is 4.90 Å². The van der Waals surface area contributed by atoms with Gasteiger partial charge in [0.2, 0.25) is 0 Å². The van der Waals surface area contributed by atoms with Crippen LogP contribution in [0.4, 0.5) is 0 Å². The molecule has 0 aromatic rings. The van der Waals surface area contributed by atoms with Gasteiger partial charge in [0.25, 0.3) is 0 Å². The maximum absolute atomic E-state index is 3.65. The fourth-order valence-electron chi connectivity index (χ4n) is 2.11. The highest BCUT2D eigenvalue weighted by molar-refractivity contribution is 7.99. The van der Waals surface area contributed by atoms with Gasteiger partial charge in [0, 0.05) is 42.7 Å². The first-order valence-corrected chi connectivity index (χ1v) is 7.62. The average molecular weight is 244 g/mol. The van der Waals surface area contributed by atoms with Crippen LogP contribution in [-0.2, 0) is 0 Å². The number of nitrogens with one attached hydrogen (secondary N) is 1. The van der Waals surface area contributed by atoms with Crippen LogP contribution >= 0.6 is 11.8 Å². The molecule has 0 aliphatic carbocycles. The predicted molar refractivity (Wildman–Crippen MR) is 75.3 cm³/mol. The highest BCUT2D eigenvalue weighted by Gasteiger charge is 2.24. The zero-order valence-electron chi connectivity index (χ0n) is 11.5. The minimum atomic E-state index is 0.234. The van der Waals surface area contributed by atoms with Crippen LogP contribution in [0.15, 0.2) is 0 Å². The molecule has 3 heteroatoms. The summed E-state index contributed by atoms with van der Waals surface area (Å²) in [6.07, 6.45) is 0. The van der Waals surface area contributed by atoms with Crippen LogP contribution in [0, 0.1) is 5.92 Å². The number of rotatable bonds is 4. The topological polar surface area (TPSA) is 15.3 Å². The first-order chi connectivity index (χ1) is 7.40. The van der Waals surface area contributed by atoms with Crippen LogP contribution < -0.4 is 5.32 Å². The van der Waals surface area contributed by atoms with Crippen molar-refractivity contribution in [3.8, 4) is 0 Å². The second-order valence-electron chi connectivity index (χ2n) is 6.09. The Bertz CT molecular complexity index is 193. The fraction of sp³-hybridized carbons (Fsp3) is 1.00. The number of hydrogen-bond acceptors (Lipinski definition) is 3. The Kier molecular flexibility index (Phi) is 5.62. The zero-order chi connectivity index (χ0) is 12.2. The molecule has 0 aromatic heterocycles. The van der Waals surface area contributed by atoms with Gasteiger partial charge in [0.15, 0.2) is 0 Å². The van der Waals surface area contributed by atoms with E-state index < -0.39 is 0 Å². The van der Waals surface area contributed by atoms with E-state index in [4.69, 9.17) is 0 Å². The molecule has 1 heterocycles. The summed E-state index contributed by atoms with van der Waals surface area (Å²) in [5.74, 6) is 3.34. The monoisotopic (exact) mass is 244 g/mol. The van der Waals surface area contributed by atoms with E-state index in [0.29, 0.717) is 6.04 Å². The summed E-state index contributed by atoms with van der Waals surface area (Å²) < 4.78 is 0. The van der Waals surface area contributed by atoms with Crippen LogP contribution in [-0.4, -0.2) is 47.6 Å². The normalized spacial score (nSPS) is 21.4. The van der Waals surface area contributed by atoms with Gasteiger partial charge in [0.1, 0.15) is 0 Å². The summed E-state index contributed by atoms with van der Waals surface area (Å²) in [4.78, 5) is 2.67. The van der Waals surface area contributed by atoms with Gasteiger partial charge in [-0.15, -0.1) is 0 Å². The van der Waals surface area contributed by atoms with Crippen molar-refractivity contribution in [1.82, 2.24) is 10.2 Å². The van der Waals surface area contributed by atoms with Crippen molar-refractivity contribution >= 4 is 11.8 Å². The predicted octanol–water partition coefficient (Wildman–Crippen LogP) is 2.45. The van der Waals surface area contributed by atoms with Crippen molar-refractivity contribution < 1.29 is 0 Å². The lowest BCUT2D eigenvalue weighted by molar-refractivity contribution is 0.157. The molecule has 1 unspecified atom stereocenters. The Hall–Kier alpha value is 0.270. The molecule has 1 aliphatic rings. The molecular formula is C13H28N2S. The second kappa shape index (κ2) is 6.27. The Morgan fingerprint density at radius 3 is 2.19 bits per heavy atom. The summed E-state index contributed by atoms with van der Waals surface area (Å²) in [5, 5.41) is 3.65. The fourth-order valence-corrected chi connectivity index (χ4v) is 3.04. The van der Waals surface area contributed by atoms with E-state index in [-0.39, 0.29) is 5.54 Å². The minimum absolute atomic E-state index is 0.234. The highest BCUT2D eigenvalue weighted by atomic mass is 32.2. The molecule has 1 aliphatic heterocycles. The molecule has 1 atom stereocenters. The first kappa shape index (κ1) is 14.3. The lowest BCUT2D eigenvalue weighted by Gasteiger charge is -2.38. The van der Waals surface area contributed by atoms with Crippen LogP contribution in [0.1, 0.15) is 34.6 Å². The zero-order valence-corrected chi connectivity index (χ0v) is 12.4. The molecular weight excluding hydrogens is 216 g/mol. The third-order valence-electron chi connectivity index (χ3n) is 3.13. The Labute approximate surface area is 106 Å². The molecule has 0 amide bonds. The largest absolute Gasteiger partial charge is 0.311 e. The molecule has 1 fully saturated rings. The Balaban J connectivity index is 2.46. The van der Waals surface area contributed by atoms with Gasteiger partial charge in [0.05, 0.1) is 0 Å². The smallest absolute Gasteiger partial charge is 0.0244 e. The molecule has 0 saturated carbocycles. The van der Waals surface area contributed by atoms with E-state index in [9.17, 15) is 0 Å². The first-order valence-electron chi connectivity index (χ1n) is 6.47. The lowest BCUT2D eigenvalue weighted by atomic mass is 10.0. The van der Waals surface area contributed by atoms with E-state index in [2.05, 4.69) is 56.6 Å². The molecule has 96 valence electrons. The highest BCUT2D eigenvalue weighted by Crippen LogP contribution is 2.17. The Morgan fingerprint density at radius 1 is 1.19 bits per heavy atom. The van der Waals surface area contributed by atoms with Crippen molar-refractivity contribution in [2.24, 2.45) is 5.92 Å². The second-order valence-corrected chi connectivity index (χ2v) is 7.32. The lowest BCUT2D eigenvalue weighted by Crippen LogP contribution is -2.52. The summed E-state index contributed by atoms with van der Waals surface area (Å²) in [6, 6.07) is 0.695. The standard InChI is InChI=1S/C13H28N2S/c1-11(2)12(10-14-13(3,4)5)15-6-8-16-9-7-15/h11-12,14H,6-10H2,1-5H3. The number of hydrogen-bond donors (Lipinski definition) is 1. The van der Waals surface area contributed by atoms with E-state index in [1.54, 1.807) is 0 Å². The molecule has 0 radical (unpaired) electrons. The molecule has 1 N–H and O–H groups in total.